The predicted molar refractivity (Wildman–Crippen MR) is 69.7 cm³/mol. The van der Waals surface area contributed by atoms with Crippen LogP contribution in [0.1, 0.15) is 24.5 Å². The van der Waals surface area contributed by atoms with E-state index in [1.54, 1.807) is 7.11 Å². The average Bonchev–Trinajstić information content (AvgIpc) is 2.29. The minimum Gasteiger partial charge on any atom is -0.496 e. The molecule has 2 N–H and O–H groups in total. The van der Waals surface area contributed by atoms with Gasteiger partial charge in [-0.1, -0.05) is 6.92 Å². The SMILES string of the molecule is COc1ccc(C2=NN=C(N)CC2C)cc1C. The summed E-state index contributed by atoms with van der Waals surface area (Å²) in [5.41, 5.74) is 8.84. The largest absolute Gasteiger partial charge is 0.496 e. The minimum absolute atomic E-state index is 0.306. The van der Waals surface area contributed by atoms with Gasteiger partial charge in [-0.05, 0) is 36.2 Å². The molecule has 4 nitrogen and oxygen atoms in total. The summed E-state index contributed by atoms with van der Waals surface area (Å²) < 4.78 is 5.24. The second kappa shape index (κ2) is 4.57. The Kier molecular flexibility index (Phi) is 3.13. The van der Waals surface area contributed by atoms with Gasteiger partial charge in [-0.3, -0.25) is 0 Å². The Labute approximate surface area is 101 Å². The van der Waals surface area contributed by atoms with Crippen molar-refractivity contribution < 1.29 is 4.74 Å². The van der Waals surface area contributed by atoms with E-state index in [1.807, 2.05) is 19.1 Å². The third kappa shape index (κ3) is 2.30. The summed E-state index contributed by atoms with van der Waals surface area (Å²) >= 11 is 0. The van der Waals surface area contributed by atoms with Crippen molar-refractivity contribution in [1.82, 2.24) is 0 Å². The zero-order chi connectivity index (χ0) is 12.4. The van der Waals surface area contributed by atoms with Crippen molar-refractivity contribution in [3.63, 3.8) is 0 Å². The molecule has 1 aliphatic rings. The molecule has 0 aromatic heterocycles. The van der Waals surface area contributed by atoms with E-state index in [9.17, 15) is 0 Å². The van der Waals surface area contributed by atoms with Gasteiger partial charge in [0.05, 0.1) is 12.8 Å². The van der Waals surface area contributed by atoms with E-state index in [0.29, 0.717) is 11.8 Å². The maximum Gasteiger partial charge on any atom is 0.123 e. The monoisotopic (exact) mass is 231 g/mol. The Morgan fingerprint density at radius 3 is 2.71 bits per heavy atom. The van der Waals surface area contributed by atoms with Crippen LogP contribution in [0.3, 0.4) is 0 Å². The lowest BCUT2D eigenvalue weighted by Gasteiger charge is -2.18. The van der Waals surface area contributed by atoms with Crippen molar-refractivity contribution in [2.45, 2.75) is 20.3 Å². The average molecular weight is 231 g/mol. The number of methoxy groups -OCH3 is 1. The van der Waals surface area contributed by atoms with E-state index in [0.717, 1.165) is 29.0 Å². The molecule has 0 spiro atoms. The lowest BCUT2D eigenvalue weighted by atomic mass is 9.93. The number of aryl methyl sites for hydroxylation is 1. The van der Waals surface area contributed by atoms with E-state index >= 15 is 0 Å². The summed E-state index contributed by atoms with van der Waals surface area (Å²) in [5.74, 6) is 1.80. The quantitative estimate of drug-likeness (QED) is 0.847. The van der Waals surface area contributed by atoms with Crippen LogP contribution in [0.25, 0.3) is 0 Å². The third-order valence-electron chi connectivity index (χ3n) is 2.96. The van der Waals surface area contributed by atoms with Gasteiger partial charge in [0.1, 0.15) is 11.6 Å². The normalized spacial score (nSPS) is 19.6. The highest BCUT2D eigenvalue weighted by Gasteiger charge is 2.18. The van der Waals surface area contributed by atoms with Crippen LogP contribution in [-0.4, -0.2) is 18.7 Å². The highest BCUT2D eigenvalue weighted by Crippen LogP contribution is 2.23. The molecule has 0 bridgehead atoms. The molecule has 4 heteroatoms. The van der Waals surface area contributed by atoms with Crippen molar-refractivity contribution in [2.24, 2.45) is 21.9 Å². The number of hydrogen-bond acceptors (Lipinski definition) is 4. The Morgan fingerprint density at radius 2 is 2.12 bits per heavy atom. The first-order chi connectivity index (χ1) is 8.11. The minimum atomic E-state index is 0.306. The zero-order valence-corrected chi connectivity index (χ0v) is 10.4. The van der Waals surface area contributed by atoms with Crippen LogP contribution >= 0.6 is 0 Å². The van der Waals surface area contributed by atoms with Crippen LogP contribution < -0.4 is 10.5 Å². The van der Waals surface area contributed by atoms with E-state index in [4.69, 9.17) is 10.5 Å². The second-order valence-corrected chi connectivity index (χ2v) is 4.37. The van der Waals surface area contributed by atoms with Gasteiger partial charge in [0.25, 0.3) is 0 Å². The lowest BCUT2D eigenvalue weighted by molar-refractivity contribution is 0.411. The highest BCUT2D eigenvalue weighted by atomic mass is 16.5. The van der Waals surface area contributed by atoms with Crippen LogP contribution in [0.15, 0.2) is 28.4 Å². The highest BCUT2D eigenvalue weighted by molar-refractivity contribution is 6.05. The molecule has 0 amide bonds. The van der Waals surface area contributed by atoms with Crippen LogP contribution in [0.2, 0.25) is 0 Å². The van der Waals surface area contributed by atoms with Gasteiger partial charge in [0.2, 0.25) is 0 Å². The van der Waals surface area contributed by atoms with E-state index in [1.165, 1.54) is 0 Å². The summed E-state index contributed by atoms with van der Waals surface area (Å²) in [6.45, 7) is 4.13. The van der Waals surface area contributed by atoms with Crippen molar-refractivity contribution in [2.75, 3.05) is 7.11 Å². The molecule has 1 heterocycles. The number of ether oxygens (including phenoxy) is 1. The molecule has 0 saturated carbocycles. The lowest BCUT2D eigenvalue weighted by Crippen LogP contribution is -2.25. The van der Waals surface area contributed by atoms with Gasteiger partial charge in [-0.2, -0.15) is 5.10 Å². The topological polar surface area (TPSA) is 60.0 Å². The molecule has 1 aliphatic heterocycles. The van der Waals surface area contributed by atoms with E-state index < -0.39 is 0 Å². The van der Waals surface area contributed by atoms with Gasteiger partial charge in [-0.15, -0.1) is 5.10 Å². The second-order valence-electron chi connectivity index (χ2n) is 4.37. The maximum absolute atomic E-state index is 5.66. The van der Waals surface area contributed by atoms with Crippen LogP contribution in [-0.2, 0) is 0 Å². The molecule has 0 saturated heterocycles. The zero-order valence-electron chi connectivity index (χ0n) is 10.4. The predicted octanol–water partition coefficient (Wildman–Crippen LogP) is 2.10. The Morgan fingerprint density at radius 1 is 1.35 bits per heavy atom. The first-order valence-corrected chi connectivity index (χ1v) is 5.66. The molecule has 1 aromatic carbocycles. The summed E-state index contributed by atoms with van der Waals surface area (Å²) in [7, 11) is 1.67. The molecule has 17 heavy (non-hydrogen) atoms. The standard InChI is InChI=1S/C13H17N3O/c1-8-6-10(4-5-11(8)17-3)13-9(2)7-12(14)15-16-13/h4-6,9H,7H2,1-3H3,(H2,14,15). The molecule has 2 rings (SSSR count). The van der Waals surface area contributed by atoms with Gasteiger partial charge in [0.15, 0.2) is 0 Å². The molecule has 0 fully saturated rings. The molecule has 0 radical (unpaired) electrons. The van der Waals surface area contributed by atoms with Crippen molar-refractivity contribution >= 4 is 11.5 Å². The Balaban J connectivity index is 2.38. The fraction of sp³-hybridized carbons (Fsp3) is 0.385. The van der Waals surface area contributed by atoms with Crippen LogP contribution in [0.4, 0.5) is 0 Å². The smallest absolute Gasteiger partial charge is 0.123 e. The third-order valence-corrected chi connectivity index (χ3v) is 2.96. The van der Waals surface area contributed by atoms with Gasteiger partial charge in [-0.25, -0.2) is 0 Å². The Hall–Kier alpha value is -1.84. The molecule has 1 aromatic rings. The first-order valence-electron chi connectivity index (χ1n) is 5.66. The summed E-state index contributed by atoms with van der Waals surface area (Å²) in [5, 5.41) is 8.16. The van der Waals surface area contributed by atoms with Gasteiger partial charge < -0.3 is 10.5 Å². The van der Waals surface area contributed by atoms with E-state index in [2.05, 4.69) is 23.2 Å². The van der Waals surface area contributed by atoms with Crippen molar-refractivity contribution in [1.29, 1.82) is 0 Å². The fourth-order valence-electron chi connectivity index (χ4n) is 2.05. The molecule has 1 atom stereocenters. The fourth-order valence-corrected chi connectivity index (χ4v) is 2.05. The van der Waals surface area contributed by atoms with Gasteiger partial charge in [0, 0.05) is 12.3 Å². The van der Waals surface area contributed by atoms with Gasteiger partial charge >= 0.3 is 0 Å². The summed E-state index contributed by atoms with van der Waals surface area (Å²) in [4.78, 5) is 0. The number of hydrogen-bond donors (Lipinski definition) is 1. The summed E-state index contributed by atoms with van der Waals surface area (Å²) in [6, 6.07) is 6.05. The maximum atomic E-state index is 5.66. The number of nitrogens with zero attached hydrogens (tertiary/aromatic N) is 2. The van der Waals surface area contributed by atoms with E-state index in [-0.39, 0.29) is 0 Å². The number of amidine groups is 1. The van der Waals surface area contributed by atoms with Crippen LogP contribution in [0.5, 0.6) is 5.75 Å². The number of nitrogens with two attached hydrogens (primary N) is 1. The Bertz CT molecular complexity index is 491. The molecular formula is C13H17N3O. The molecular weight excluding hydrogens is 214 g/mol. The number of benzene rings is 1. The number of rotatable bonds is 2. The molecule has 0 aliphatic carbocycles. The van der Waals surface area contributed by atoms with Crippen LogP contribution in [0, 0.1) is 12.8 Å². The van der Waals surface area contributed by atoms with Crippen molar-refractivity contribution in [3.05, 3.63) is 29.3 Å². The summed E-state index contributed by atoms with van der Waals surface area (Å²) in [6.07, 6.45) is 0.768. The van der Waals surface area contributed by atoms with Crippen molar-refractivity contribution in [3.8, 4) is 5.75 Å². The first kappa shape index (κ1) is 11.6. The molecule has 90 valence electrons. The molecule has 1 unspecified atom stereocenters.